The van der Waals surface area contributed by atoms with E-state index in [1.807, 2.05) is 6.07 Å². The van der Waals surface area contributed by atoms with E-state index in [1.165, 1.54) is 4.90 Å². The van der Waals surface area contributed by atoms with Gasteiger partial charge in [0, 0.05) is 29.5 Å². The Hall–Kier alpha value is -1.56. The Morgan fingerprint density at radius 1 is 1.59 bits per heavy atom. The van der Waals surface area contributed by atoms with Crippen molar-refractivity contribution in [1.82, 2.24) is 4.90 Å². The van der Waals surface area contributed by atoms with Gasteiger partial charge in [-0.05, 0) is 17.7 Å². The molecule has 0 radical (unpaired) electrons. The van der Waals surface area contributed by atoms with Crippen molar-refractivity contribution in [3.8, 4) is 5.75 Å². The van der Waals surface area contributed by atoms with Gasteiger partial charge < -0.3 is 15.0 Å². The van der Waals surface area contributed by atoms with Crippen LogP contribution in [0.3, 0.4) is 0 Å². The summed E-state index contributed by atoms with van der Waals surface area (Å²) in [5.41, 5.74) is 1.57. The quantitative estimate of drug-likeness (QED) is 0.671. The molecule has 17 heavy (non-hydrogen) atoms. The average Bonchev–Trinajstić information content (AvgIpc) is 2.28. The minimum absolute atomic E-state index is 0.0478. The van der Waals surface area contributed by atoms with Crippen molar-refractivity contribution in [2.75, 3.05) is 19.0 Å². The normalized spacial score (nSPS) is 13.4. The SMILES string of the molecule is CN(Cc1ccc2c(c1)NC(=O)CO2)C(=O)Br. The molecular formula is C11H11BrN2O3. The standard InChI is InChI=1S/C11H11BrN2O3/c1-14(11(12)16)5-7-2-3-9-8(4-7)13-10(15)6-17-9/h2-4H,5-6H2,1H3,(H,13,15). The maximum absolute atomic E-state index is 11.2. The first kappa shape index (κ1) is 11.9. The van der Waals surface area contributed by atoms with Crippen LogP contribution < -0.4 is 10.1 Å². The minimum atomic E-state index is -0.185. The maximum atomic E-state index is 11.2. The van der Waals surface area contributed by atoms with Crippen LogP contribution in [0.2, 0.25) is 0 Å². The number of nitrogens with one attached hydrogen (secondary N) is 1. The van der Waals surface area contributed by atoms with Crippen LogP contribution in [-0.4, -0.2) is 29.3 Å². The number of hydrogen-bond donors (Lipinski definition) is 1. The molecule has 0 bridgehead atoms. The van der Waals surface area contributed by atoms with Gasteiger partial charge in [0.25, 0.3) is 10.7 Å². The lowest BCUT2D eigenvalue weighted by Gasteiger charge is -2.20. The summed E-state index contributed by atoms with van der Waals surface area (Å²) in [6.07, 6.45) is 0. The lowest BCUT2D eigenvalue weighted by molar-refractivity contribution is -0.118. The van der Waals surface area contributed by atoms with Gasteiger partial charge in [-0.3, -0.25) is 9.59 Å². The van der Waals surface area contributed by atoms with Crippen LogP contribution >= 0.6 is 15.9 Å². The number of rotatable bonds is 2. The molecule has 0 aromatic heterocycles. The Bertz CT molecular complexity index is 476. The number of fused-ring (bicyclic) bond motifs is 1. The lowest BCUT2D eigenvalue weighted by Crippen LogP contribution is -2.26. The van der Waals surface area contributed by atoms with E-state index in [0.29, 0.717) is 18.0 Å². The summed E-state index contributed by atoms with van der Waals surface area (Å²) in [5.74, 6) is 0.487. The first-order chi connectivity index (χ1) is 8.06. The van der Waals surface area contributed by atoms with Gasteiger partial charge in [-0.1, -0.05) is 6.07 Å². The topological polar surface area (TPSA) is 58.6 Å². The lowest BCUT2D eigenvalue weighted by atomic mass is 10.1. The third kappa shape index (κ3) is 2.76. The second-order valence-corrected chi connectivity index (χ2v) is 4.45. The molecule has 0 aliphatic carbocycles. The summed E-state index contributed by atoms with van der Waals surface area (Å²) >= 11 is 2.87. The molecule has 1 aromatic carbocycles. The third-order valence-corrected chi connectivity index (χ3v) is 3.00. The van der Waals surface area contributed by atoms with E-state index >= 15 is 0 Å². The predicted molar refractivity (Wildman–Crippen MR) is 66.4 cm³/mol. The smallest absolute Gasteiger partial charge is 0.289 e. The Labute approximate surface area is 107 Å². The first-order valence-corrected chi connectivity index (χ1v) is 5.82. The monoisotopic (exact) mass is 298 g/mol. The van der Waals surface area contributed by atoms with Crippen molar-refractivity contribution < 1.29 is 14.3 Å². The van der Waals surface area contributed by atoms with Crippen LogP contribution in [0.1, 0.15) is 5.56 Å². The van der Waals surface area contributed by atoms with Gasteiger partial charge in [-0.15, -0.1) is 0 Å². The highest BCUT2D eigenvalue weighted by atomic mass is 79.9. The second-order valence-electron chi connectivity index (χ2n) is 3.78. The van der Waals surface area contributed by atoms with E-state index < -0.39 is 0 Å². The van der Waals surface area contributed by atoms with Gasteiger partial charge in [-0.25, -0.2) is 0 Å². The molecule has 1 N–H and O–H groups in total. The molecule has 5 nitrogen and oxygen atoms in total. The molecule has 1 aromatic rings. The van der Waals surface area contributed by atoms with Crippen LogP contribution in [0.5, 0.6) is 5.75 Å². The highest BCUT2D eigenvalue weighted by Gasteiger charge is 2.16. The number of ether oxygens (including phenoxy) is 1. The highest BCUT2D eigenvalue weighted by molar-refractivity contribution is 9.18. The molecule has 0 atom stereocenters. The Morgan fingerprint density at radius 2 is 2.35 bits per heavy atom. The molecule has 2 amide bonds. The summed E-state index contributed by atoms with van der Waals surface area (Å²) in [7, 11) is 1.69. The number of nitrogens with zero attached hydrogens (tertiary/aromatic N) is 1. The Morgan fingerprint density at radius 3 is 3.06 bits per heavy atom. The summed E-state index contributed by atoms with van der Waals surface area (Å²) in [6.45, 7) is 0.513. The Balaban J connectivity index is 2.18. The number of benzene rings is 1. The molecule has 90 valence electrons. The van der Waals surface area contributed by atoms with Crippen molar-refractivity contribution in [2.45, 2.75) is 6.54 Å². The zero-order chi connectivity index (χ0) is 12.4. The van der Waals surface area contributed by atoms with E-state index in [-0.39, 0.29) is 17.3 Å². The molecule has 6 heteroatoms. The fourth-order valence-corrected chi connectivity index (χ4v) is 1.69. The van der Waals surface area contributed by atoms with Crippen LogP contribution in [0.25, 0.3) is 0 Å². The molecule has 0 saturated carbocycles. The molecule has 0 unspecified atom stereocenters. The van der Waals surface area contributed by atoms with Gasteiger partial charge in [-0.2, -0.15) is 0 Å². The van der Waals surface area contributed by atoms with Crippen molar-refractivity contribution in [3.63, 3.8) is 0 Å². The first-order valence-electron chi connectivity index (χ1n) is 5.02. The molecule has 2 rings (SSSR count). The maximum Gasteiger partial charge on any atom is 0.289 e. The fourth-order valence-electron chi connectivity index (χ4n) is 1.56. The summed E-state index contributed by atoms with van der Waals surface area (Å²) in [5, 5.41) is 2.72. The van der Waals surface area contributed by atoms with Crippen molar-refractivity contribution >= 4 is 32.3 Å². The molecule has 0 saturated heterocycles. The summed E-state index contributed by atoms with van der Waals surface area (Å²) in [4.78, 5) is 23.5. The van der Waals surface area contributed by atoms with E-state index in [4.69, 9.17) is 4.74 Å². The predicted octanol–water partition coefficient (Wildman–Crippen LogP) is 1.96. The summed E-state index contributed by atoms with van der Waals surface area (Å²) in [6, 6.07) is 5.46. The average molecular weight is 299 g/mol. The van der Waals surface area contributed by atoms with E-state index in [9.17, 15) is 9.59 Å². The van der Waals surface area contributed by atoms with Crippen LogP contribution in [0.4, 0.5) is 10.5 Å². The van der Waals surface area contributed by atoms with Gasteiger partial charge >= 0.3 is 0 Å². The second kappa shape index (κ2) is 4.75. The number of anilines is 1. The van der Waals surface area contributed by atoms with Gasteiger partial charge in [0.15, 0.2) is 6.61 Å². The minimum Gasteiger partial charge on any atom is -0.482 e. The van der Waals surface area contributed by atoms with Crippen LogP contribution in [0.15, 0.2) is 18.2 Å². The molecule has 1 aliphatic rings. The molecule has 1 aliphatic heterocycles. The largest absolute Gasteiger partial charge is 0.482 e. The van der Waals surface area contributed by atoms with Crippen molar-refractivity contribution in [3.05, 3.63) is 23.8 Å². The Kier molecular flexibility index (Phi) is 3.33. The zero-order valence-corrected chi connectivity index (χ0v) is 10.8. The van der Waals surface area contributed by atoms with Crippen LogP contribution in [-0.2, 0) is 11.3 Å². The van der Waals surface area contributed by atoms with E-state index in [2.05, 4.69) is 21.2 Å². The van der Waals surface area contributed by atoms with E-state index in [1.54, 1.807) is 19.2 Å². The third-order valence-electron chi connectivity index (χ3n) is 2.40. The van der Waals surface area contributed by atoms with Gasteiger partial charge in [0.2, 0.25) is 0 Å². The van der Waals surface area contributed by atoms with E-state index in [0.717, 1.165) is 5.56 Å². The zero-order valence-electron chi connectivity index (χ0n) is 9.20. The van der Waals surface area contributed by atoms with Crippen molar-refractivity contribution in [2.24, 2.45) is 0 Å². The van der Waals surface area contributed by atoms with Gasteiger partial charge in [0.1, 0.15) is 5.75 Å². The number of amides is 2. The highest BCUT2D eigenvalue weighted by Crippen LogP contribution is 2.28. The molecule has 1 heterocycles. The summed E-state index contributed by atoms with van der Waals surface area (Å²) < 4.78 is 5.24. The fraction of sp³-hybridized carbons (Fsp3) is 0.273. The van der Waals surface area contributed by atoms with Crippen molar-refractivity contribution in [1.29, 1.82) is 0 Å². The van der Waals surface area contributed by atoms with Gasteiger partial charge in [0.05, 0.1) is 5.69 Å². The molecular weight excluding hydrogens is 288 g/mol. The molecule has 0 fully saturated rings. The number of halogens is 1. The number of hydrogen-bond acceptors (Lipinski definition) is 3. The molecule has 0 spiro atoms. The van der Waals surface area contributed by atoms with Crippen LogP contribution in [0, 0.1) is 0 Å². The number of carbonyl (C=O) groups excluding carboxylic acids is 2. The number of carbonyl (C=O) groups is 2.